The second-order valence-corrected chi connectivity index (χ2v) is 9.25. The zero-order valence-electron chi connectivity index (χ0n) is 16.1. The highest BCUT2D eigenvalue weighted by Crippen LogP contribution is 2.43. The number of benzene rings is 1. The fourth-order valence-electron chi connectivity index (χ4n) is 3.55. The summed E-state index contributed by atoms with van der Waals surface area (Å²) in [6, 6.07) is 2.14. The van der Waals surface area contributed by atoms with Gasteiger partial charge >= 0.3 is 6.18 Å². The molecule has 2 unspecified atom stereocenters. The third-order valence-corrected chi connectivity index (χ3v) is 6.69. The minimum absolute atomic E-state index is 0.00214. The maximum Gasteiger partial charge on any atom is 0.393 e. The van der Waals surface area contributed by atoms with Crippen LogP contribution in [0.15, 0.2) is 12.1 Å². The molecule has 0 radical (unpaired) electrons. The third-order valence-electron chi connectivity index (χ3n) is 4.63. The quantitative estimate of drug-likeness (QED) is 0.515. The maximum atomic E-state index is 12.7. The number of carbonyl (C=O) groups excluding carboxylic acids is 1. The summed E-state index contributed by atoms with van der Waals surface area (Å²) in [6.07, 6.45) is -2.42. The van der Waals surface area contributed by atoms with E-state index >= 15 is 0 Å². The Labute approximate surface area is 188 Å². The van der Waals surface area contributed by atoms with Crippen molar-refractivity contribution in [3.8, 4) is 0 Å². The molecule has 1 N–H and O–H groups in total. The van der Waals surface area contributed by atoms with Crippen LogP contribution in [0.3, 0.4) is 0 Å². The molecule has 0 spiro atoms. The number of nitrogens with zero attached hydrogens (tertiary/aromatic N) is 1. The molecule has 0 bridgehead atoms. The second kappa shape index (κ2) is 10.7. The number of thioether (sulfide) groups is 1. The molecular formula is C19H23Cl2F3N2OS2. The Kier molecular flexibility index (Phi) is 9.09. The summed E-state index contributed by atoms with van der Waals surface area (Å²) < 4.78 is 38.6. The van der Waals surface area contributed by atoms with Crippen molar-refractivity contribution in [3.05, 3.63) is 33.3 Å². The van der Waals surface area contributed by atoms with Crippen molar-refractivity contribution in [2.45, 2.75) is 57.0 Å². The van der Waals surface area contributed by atoms with Crippen molar-refractivity contribution in [2.24, 2.45) is 0 Å². The molecule has 1 aromatic carbocycles. The minimum atomic E-state index is -4.35. The Morgan fingerprint density at radius 2 is 1.76 bits per heavy atom. The van der Waals surface area contributed by atoms with Crippen molar-refractivity contribution >= 4 is 57.4 Å². The first-order valence-electron chi connectivity index (χ1n) is 9.46. The lowest BCUT2D eigenvalue weighted by molar-refractivity contribution is -0.127. The first-order chi connectivity index (χ1) is 13.7. The SMILES string of the molecule is CC.O=C1NC(=S)SC1C(c1c(Cl)cc(CC(F)(F)F)cc1Cl)N1CCCCC1. The van der Waals surface area contributed by atoms with Gasteiger partial charge in [0.1, 0.15) is 9.57 Å². The highest BCUT2D eigenvalue weighted by molar-refractivity contribution is 8.24. The number of piperidine rings is 1. The largest absolute Gasteiger partial charge is 0.393 e. The maximum absolute atomic E-state index is 12.7. The molecule has 1 aromatic rings. The Morgan fingerprint density at radius 1 is 1.21 bits per heavy atom. The number of likely N-dealkylation sites (tertiary alicyclic amines) is 1. The normalized spacial score (nSPS) is 21.4. The number of nitrogens with one attached hydrogen (secondary N) is 1. The lowest BCUT2D eigenvalue weighted by Gasteiger charge is -2.37. The van der Waals surface area contributed by atoms with Crippen molar-refractivity contribution in [3.63, 3.8) is 0 Å². The summed E-state index contributed by atoms with van der Waals surface area (Å²) in [5, 5.41) is 2.37. The van der Waals surface area contributed by atoms with Crippen molar-refractivity contribution in [1.29, 1.82) is 0 Å². The number of halogens is 5. The molecule has 0 aliphatic carbocycles. The van der Waals surface area contributed by atoms with Crippen LogP contribution < -0.4 is 5.32 Å². The monoisotopic (exact) mass is 486 g/mol. The van der Waals surface area contributed by atoms with Crippen LogP contribution in [0, 0.1) is 0 Å². The van der Waals surface area contributed by atoms with Gasteiger partial charge in [0.25, 0.3) is 0 Å². The number of rotatable bonds is 4. The van der Waals surface area contributed by atoms with E-state index in [0.717, 1.165) is 32.4 Å². The van der Waals surface area contributed by atoms with E-state index in [4.69, 9.17) is 35.4 Å². The summed E-state index contributed by atoms with van der Waals surface area (Å²) in [5.41, 5.74) is 0.487. The first kappa shape index (κ1) is 24.7. The van der Waals surface area contributed by atoms with Crippen LogP contribution in [0.5, 0.6) is 0 Å². The molecule has 3 nitrogen and oxygen atoms in total. The summed E-state index contributed by atoms with van der Waals surface area (Å²) in [7, 11) is 0. The molecule has 162 valence electrons. The highest BCUT2D eigenvalue weighted by atomic mass is 35.5. The molecule has 2 heterocycles. The van der Waals surface area contributed by atoms with Gasteiger partial charge in [-0.2, -0.15) is 13.2 Å². The van der Waals surface area contributed by atoms with Crippen LogP contribution in [0.1, 0.15) is 50.3 Å². The van der Waals surface area contributed by atoms with Gasteiger partial charge in [-0.25, -0.2) is 0 Å². The van der Waals surface area contributed by atoms with E-state index in [9.17, 15) is 18.0 Å². The Bertz CT molecular complexity index is 732. The number of alkyl halides is 3. The summed E-state index contributed by atoms with van der Waals surface area (Å²) in [6.45, 7) is 5.53. The lowest BCUT2D eigenvalue weighted by atomic mass is 9.96. The predicted molar refractivity (Wildman–Crippen MR) is 118 cm³/mol. The smallest absolute Gasteiger partial charge is 0.311 e. The Hall–Kier alpha value is -0.540. The molecule has 1 amide bonds. The Morgan fingerprint density at radius 3 is 2.21 bits per heavy atom. The topological polar surface area (TPSA) is 32.3 Å². The predicted octanol–water partition coefficient (Wildman–Crippen LogP) is 6.17. The molecule has 10 heteroatoms. The van der Waals surface area contributed by atoms with Gasteiger partial charge in [0.15, 0.2) is 0 Å². The lowest BCUT2D eigenvalue weighted by Crippen LogP contribution is -2.42. The van der Waals surface area contributed by atoms with Crippen LogP contribution in [-0.4, -0.2) is 39.6 Å². The minimum Gasteiger partial charge on any atom is -0.311 e. The number of hydrogen-bond acceptors (Lipinski definition) is 4. The molecular weight excluding hydrogens is 464 g/mol. The van der Waals surface area contributed by atoms with Gasteiger partial charge in [0, 0.05) is 15.6 Å². The number of carbonyl (C=O) groups is 1. The molecule has 2 atom stereocenters. The van der Waals surface area contributed by atoms with E-state index in [1.165, 1.54) is 23.9 Å². The fourth-order valence-corrected chi connectivity index (χ4v) is 5.71. The van der Waals surface area contributed by atoms with E-state index in [0.29, 0.717) is 9.88 Å². The molecule has 0 aromatic heterocycles. The highest BCUT2D eigenvalue weighted by Gasteiger charge is 2.42. The van der Waals surface area contributed by atoms with Gasteiger partial charge in [-0.1, -0.05) is 67.4 Å². The van der Waals surface area contributed by atoms with E-state index in [2.05, 4.69) is 10.2 Å². The van der Waals surface area contributed by atoms with Gasteiger partial charge in [-0.15, -0.1) is 0 Å². The van der Waals surface area contributed by atoms with Crippen LogP contribution in [-0.2, 0) is 11.2 Å². The van der Waals surface area contributed by atoms with Crippen LogP contribution >= 0.6 is 47.2 Å². The molecule has 3 rings (SSSR count). The fraction of sp³-hybridized carbons (Fsp3) is 0.579. The third kappa shape index (κ3) is 6.47. The summed E-state index contributed by atoms with van der Waals surface area (Å²) in [5.74, 6) is -0.230. The number of hydrogen-bond donors (Lipinski definition) is 1. The van der Waals surface area contributed by atoms with Gasteiger partial charge in [-0.05, 0) is 43.6 Å². The van der Waals surface area contributed by atoms with Crippen LogP contribution in [0.2, 0.25) is 10.0 Å². The number of thiocarbonyl (C=S) groups is 1. The molecule has 0 saturated carbocycles. The molecule has 2 aliphatic rings. The van der Waals surface area contributed by atoms with Gasteiger partial charge < -0.3 is 5.32 Å². The van der Waals surface area contributed by atoms with Gasteiger partial charge in [-0.3, -0.25) is 9.69 Å². The van der Waals surface area contributed by atoms with Crippen LogP contribution in [0.4, 0.5) is 13.2 Å². The standard InChI is InChI=1S/C17H17Cl2F3N2OS2.C2H6/c18-10-6-9(8-17(20,21)22)7-11(19)12(10)13(24-4-2-1-3-5-24)14-15(25)23-16(26)27-14;1-2/h6-7,13-14H,1-5,8H2,(H,23,25,26);1-2H3. The first-order valence-corrected chi connectivity index (χ1v) is 11.5. The van der Waals surface area contributed by atoms with Crippen LogP contribution in [0.25, 0.3) is 0 Å². The van der Waals surface area contributed by atoms with E-state index in [1.807, 2.05) is 13.8 Å². The van der Waals surface area contributed by atoms with E-state index in [-0.39, 0.29) is 21.5 Å². The van der Waals surface area contributed by atoms with E-state index < -0.39 is 23.9 Å². The summed E-state index contributed by atoms with van der Waals surface area (Å²) >= 11 is 19.1. The second-order valence-electron chi connectivity index (χ2n) is 6.62. The van der Waals surface area contributed by atoms with E-state index in [1.54, 1.807) is 0 Å². The van der Waals surface area contributed by atoms with Gasteiger partial charge in [0.2, 0.25) is 5.91 Å². The molecule has 2 fully saturated rings. The number of amides is 1. The average molecular weight is 487 g/mol. The molecule has 2 aliphatic heterocycles. The zero-order chi connectivity index (χ0) is 21.8. The van der Waals surface area contributed by atoms with Crippen molar-refractivity contribution in [2.75, 3.05) is 13.1 Å². The molecule has 29 heavy (non-hydrogen) atoms. The van der Waals surface area contributed by atoms with Gasteiger partial charge in [0.05, 0.1) is 12.5 Å². The zero-order valence-corrected chi connectivity index (χ0v) is 19.3. The average Bonchev–Trinajstić information content (AvgIpc) is 2.97. The summed E-state index contributed by atoms with van der Waals surface area (Å²) in [4.78, 5) is 14.6. The van der Waals surface area contributed by atoms with Crippen molar-refractivity contribution < 1.29 is 18.0 Å². The molecule has 2 saturated heterocycles. The van der Waals surface area contributed by atoms with Crippen molar-refractivity contribution in [1.82, 2.24) is 10.2 Å². The Balaban J connectivity index is 0.00000145.